The largest absolute Gasteiger partial charge is 0.391 e. The summed E-state index contributed by atoms with van der Waals surface area (Å²) in [6.07, 6.45) is 7.10. The van der Waals surface area contributed by atoms with Crippen LogP contribution in [0.25, 0.3) is 5.57 Å². The second kappa shape index (κ2) is 23.1. The van der Waals surface area contributed by atoms with Gasteiger partial charge in [0.15, 0.2) is 5.82 Å². The molecule has 1 aromatic heterocycles. The number of fused-ring (bicyclic) bond motifs is 2. The summed E-state index contributed by atoms with van der Waals surface area (Å²) in [4.78, 5) is 91.6. The first-order chi connectivity index (χ1) is 35.4. The first kappa shape index (κ1) is 53.3. The fraction of sp³-hybridized carbons (Fsp3) is 0.474. The minimum Gasteiger partial charge on any atom is -0.391 e. The summed E-state index contributed by atoms with van der Waals surface area (Å²) in [6.45, 7) is 17.4. The Kier molecular flexibility index (Phi) is 16.6. The van der Waals surface area contributed by atoms with Crippen molar-refractivity contribution in [2.24, 2.45) is 10.4 Å². The van der Waals surface area contributed by atoms with Crippen LogP contribution in [0, 0.1) is 5.41 Å². The predicted molar refractivity (Wildman–Crippen MR) is 290 cm³/mol. The smallest absolute Gasteiger partial charge is 0.260 e. The van der Waals surface area contributed by atoms with E-state index in [1.807, 2.05) is 119 Å². The Hall–Kier alpha value is -6.98. The van der Waals surface area contributed by atoms with E-state index in [4.69, 9.17) is 4.98 Å². The van der Waals surface area contributed by atoms with Gasteiger partial charge < -0.3 is 40.7 Å². The summed E-state index contributed by atoms with van der Waals surface area (Å²) in [7, 11) is 1.74. The van der Waals surface area contributed by atoms with Crippen LogP contribution in [0.5, 0.6) is 0 Å². The Balaban J connectivity index is 0.765. The SMILES string of the molecule is CCC(C)N1c2ccccc2C(=O)N(C)c2cnc(Nc3ccc(C(=O)N4CCN(CCCCCC(=O)N[C@H](C(=O)N5C[C@H](O)C[C@H]5C(=O)N[C@@H](C)c5ccc(C6=C(C)N=CC6)cc5)C(C)(C)C)CC4)cc3)nc21. The molecule has 0 aliphatic carbocycles. The number of benzene rings is 3. The van der Waals surface area contributed by atoms with Crippen molar-refractivity contribution in [1.82, 2.24) is 35.3 Å². The van der Waals surface area contributed by atoms with E-state index in [0.717, 1.165) is 73.5 Å². The molecule has 4 N–H and O–H groups in total. The number of unbranched alkanes of at least 4 members (excludes halogenated alkanes) is 2. The van der Waals surface area contributed by atoms with Crippen molar-refractivity contribution in [2.45, 2.75) is 124 Å². The van der Waals surface area contributed by atoms with Crippen LogP contribution in [-0.4, -0.2) is 136 Å². The van der Waals surface area contributed by atoms with Crippen LogP contribution in [0.1, 0.15) is 131 Å². The molecule has 17 heteroatoms. The lowest BCUT2D eigenvalue weighted by Crippen LogP contribution is -2.57. The van der Waals surface area contributed by atoms with E-state index >= 15 is 0 Å². The fourth-order valence-electron chi connectivity index (χ4n) is 10.3. The van der Waals surface area contributed by atoms with Crippen molar-refractivity contribution in [3.63, 3.8) is 0 Å². The number of para-hydroxylation sites is 1. The van der Waals surface area contributed by atoms with Gasteiger partial charge in [-0.25, -0.2) is 4.98 Å². The molecular formula is C57H73N11O6. The van der Waals surface area contributed by atoms with Crippen molar-refractivity contribution < 1.29 is 29.1 Å². The number of aromatic nitrogens is 2. The highest BCUT2D eigenvalue weighted by atomic mass is 16.3. The van der Waals surface area contributed by atoms with Gasteiger partial charge in [-0.15, -0.1) is 0 Å². The highest BCUT2D eigenvalue weighted by Gasteiger charge is 2.45. The maximum atomic E-state index is 14.2. The minimum atomic E-state index is -0.885. The molecule has 0 bridgehead atoms. The standard InChI is InChI=1S/C57H73N11O6/c1-9-36(2)68-46-16-13-12-15-45(46)54(73)64(8)48-34-59-56(63-51(48)68)61-42-24-22-41(23-25-42)53(72)66-31-29-65(30-32-66)28-14-10-11-17-49(70)62-50(57(5,6)7)55(74)67-35-43(69)33-47(67)52(71)60-37(3)39-18-20-40(21-19-39)44-26-27-58-38(44)4/h12-13,15-16,18-25,27,34,36-37,43,47,50,69H,9-11,14,17,26,28-33,35H2,1-8H3,(H,60,71)(H,62,70)(H,59,61,63)/t36?,37-,43+,47-,50+/m0/s1. The van der Waals surface area contributed by atoms with Crippen LogP contribution in [-0.2, 0) is 14.4 Å². The number of rotatable bonds is 17. The van der Waals surface area contributed by atoms with E-state index in [1.165, 1.54) is 10.5 Å². The Labute approximate surface area is 435 Å². The van der Waals surface area contributed by atoms with E-state index in [2.05, 4.69) is 49.6 Å². The zero-order valence-electron chi connectivity index (χ0n) is 44.2. The number of hydrogen-bond acceptors (Lipinski definition) is 12. The summed E-state index contributed by atoms with van der Waals surface area (Å²) in [5.41, 5.74) is 6.90. The molecule has 3 aromatic carbocycles. The number of anilines is 5. The molecule has 5 heterocycles. The van der Waals surface area contributed by atoms with Crippen LogP contribution in [0.15, 0.2) is 89.7 Å². The van der Waals surface area contributed by atoms with Gasteiger partial charge in [0, 0.05) is 88.2 Å². The number of aliphatic hydroxyl groups excluding tert-OH is 1. The summed E-state index contributed by atoms with van der Waals surface area (Å²) in [5.74, 6) is -0.0808. The van der Waals surface area contributed by atoms with Gasteiger partial charge in [-0.1, -0.05) is 70.5 Å². The van der Waals surface area contributed by atoms with E-state index in [1.54, 1.807) is 18.1 Å². The third-order valence-electron chi connectivity index (χ3n) is 14.9. The lowest BCUT2D eigenvalue weighted by molar-refractivity contribution is -0.144. The quantitative estimate of drug-likeness (QED) is 0.0759. The Bertz CT molecular complexity index is 2760. The number of nitrogens with one attached hydrogen (secondary N) is 3. The van der Waals surface area contributed by atoms with Gasteiger partial charge in [0.2, 0.25) is 23.7 Å². The van der Waals surface area contributed by atoms with Gasteiger partial charge in [-0.05, 0) is 105 Å². The average Bonchev–Trinajstić information content (AvgIpc) is 4.00. The number of allylic oxidation sites excluding steroid dienone is 2. The fourth-order valence-corrected chi connectivity index (χ4v) is 10.3. The van der Waals surface area contributed by atoms with Crippen LogP contribution in [0.3, 0.4) is 0 Å². The summed E-state index contributed by atoms with van der Waals surface area (Å²) in [5, 5.41) is 20.0. The van der Waals surface area contributed by atoms with Gasteiger partial charge in [0.25, 0.3) is 11.8 Å². The lowest BCUT2D eigenvalue weighted by atomic mass is 9.85. The molecule has 5 atom stereocenters. The van der Waals surface area contributed by atoms with Gasteiger partial charge in [-0.2, -0.15) is 4.98 Å². The topological polar surface area (TPSA) is 196 Å². The molecule has 2 saturated heterocycles. The maximum Gasteiger partial charge on any atom is 0.260 e. The minimum absolute atomic E-state index is 0.0129. The molecule has 74 heavy (non-hydrogen) atoms. The number of β-amino-alcohol motifs (C(OH)–C–C–N with tert-alkyl or cyclic N) is 1. The van der Waals surface area contributed by atoms with E-state index in [-0.39, 0.29) is 61.0 Å². The van der Waals surface area contributed by atoms with Crippen molar-refractivity contribution >= 4 is 70.2 Å². The lowest BCUT2D eigenvalue weighted by Gasteiger charge is -2.35. The molecular weight excluding hydrogens is 935 g/mol. The summed E-state index contributed by atoms with van der Waals surface area (Å²) < 4.78 is 0. The van der Waals surface area contributed by atoms with Crippen molar-refractivity contribution in [3.8, 4) is 0 Å². The monoisotopic (exact) mass is 1010 g/mol. The van der Waals surface area contributed by atoms with Crippen LogP contribution >= 0.6 is 0 Å². The average molecular weight is 1010 g/mol. The molecule has 5 amide bonds. The Morgan fingerprint density at radius 1 is 0.878 bits per heavy atom. The van der Waals surface area contributed by atoms with E-state index < -0.39 is 23.6 Å². The number of carbonyl (C=O) groups is 5. The molecule has 8 rings (SSSR count). The summed E-state index contributed by atoms with van der Waals surface area (Å²) >= 11 is 0. The Morgan fingerprint density at radius 3 is 2.27 bits per heavy atom. The van der Waals surface area contributed by atoms with E-state index in [0.29, 0.717) is 48.1 Å². The molecule has 4 aromatic rings. The molecule has 1 unspecified atom stereocenters. The predicted octanol–water partition coefficient (Wildman–Crippen LogP) is 7.64. The number of aliphatic imine (C=N–C) groups is 1. The number of nitrogens with zero attached hydrogens (tertiary/aromatic N) is 8. The second-order valence-corrected chi connectivity index (χ2v) is 21.3. The number of aliphatic hydroxyl groups is 1. The van der Waals surface area contributed by atoms with Crippen molar-refractivity contribution in [2.75, 3.05) is 61.4 Å². The third-order valence-corrected chi connectivity index (χ3v) is 14.9. The third kappa shape index (κ3) is 12.0. The number of likely N-dealkylation sites (tertiary alicyclic amines) is 1. The van der Waals surface area contributed by atoms with Crippen LogP contribution in [0.2, 0.25) is 0 Å². The van der Waals surface area contributed by atoms with Crippen molar-refractivity contribution in [3.05, 3.63) is 107 Å². The molecule has 17 nitrogen and oxygen atoms in total. The molecule has 0 spiro atoms. The first-order valence-corrected chi connectivity index (χ1v) is 26.2. The molecule has 4 aliphatic heterocycles. The van der Waals surface area contributed by atoms with Gasteiger partial charge in [-0.3, -0.25) is 33.9 Å². The second-order valence-electron chi connectivity index (χ2n) is 21.3. The van der Waals surface area contributed by atoms with E-state index in [9.17, 15) is 29.1 Å². The Morgan fingerprint density at radius 2 is 1.59 bits per heavy atom. The zero-order chi connectivity index (χ0) is 52.8. The number of hydrogen-bond donors (Lipinski definition) is 4. The van der Waals surface area contributed by atoms with Gasteiger partial charge in [0.1, 0.15) is 17.8 Å². The van der Waals surface area contributed by atoms with Crippen molar-refractivity contribution in [1.29, 1.82) is 0 Å². The molecule has 392 valence electrons. The molecule has 2 fully saturated rings. The normalized spacial score (nSPS) is 19.2. The molecule has 0 saturated carbocycles. The maximum absolute atomic E-state index is 14.2. The number of piperazine rings is 1. The zero-order valence-corrected chi connectivity index (χ0v) is 44.2. The van der Waals surface area contributed by atoms with Crippen LogP contribution < -0.4 is 25.8 Å². The molecule has 4 aliphatic rings. The number of carbonyl (C=O) groups excluding carboxylic acids is 5. The number of amides is 5. The summed E-state index contributed by atoms with van der Waals surface area (Å²) in [6, 6.07) is 20.9. The highest BCUT2D eigenvalue weighted by molar-refractivity contribution is 6.13. The molecule has 0 radical (unpaired) electrons. The van der Waals surface area contributed by atoms with Gasteiger partial charge >= 0.3 is 0 Å². The van der Waals surface area contributed by atoms with Crippen LogP contribution in [0.4, 0.5) is 28.8 Å². The van der Waals surface area contributed by atoms with Gasteiger partial charge in [0.05, 0.1) is 29.6 Å². The first-order valence-electron chi connectivity index (χ1n) is 26.2. The highest BCUT2D eigenvalue weighted by Crippen LogP contribution is 2.41.